The summed E-state index contributed by atoms with van der Waals surface area (Å²) >= 11 is 0. The van der Waals surface area contributed by atoms with Gasteiger partial charge in [0, 0.05) is 34.4 Å². The van der Waals surface area contributed by atoms with Crippen molar-refractivity contribution in [2.75, 3.05) is 5.32 Å². The summed E-state index contributed by atoms with van der Waals surface area (Å²) in [5.74, 6) is -0.156. The second kappa shape index (κ2) is 4.24. The number of pyridine rings is 1. The van der Waals surface area contributed by atoms with Crippen LogP contribution < -0.4 is 10.7 Å². The van der Waals surface area contributed by atoms with Crippen molar-refractivity contribution in [3.63, 3.8) is 0 Å². The predicted octanol–water partition coefficient (Wildman–Crippen LogP) is 2.64. The molecule has 3 rings (SSSR count). The number of hydrogen-bond acceptors (Lipinski definition) is 2. The van der Waals surface area contributed by atoms with Gasteiger partial charge in [-0.3, -0.25) is 9.59 Å². The Morgan fingerprint density at radius 3 is 2.58 bits per heavy atom. The molecular weight excluding hydrogens is 240 g/mol. The number of anilines is 1. The van der Waals surface area contributed by atoms with Gasteiger partial charge < -0.3 is 10.3 Å². The predicted molar refractivity (Wildman–Crippen MR) is 76.4 cm³/mol. The molecule has 4 heteroatoms. The maximum Gasteiger partial charge on any atom is 0.221 e. The Bertz CT molecular complexity index is 850. The second-order valence-electron chi connectivity index (χ2n) is 4.44. The Morgan fingerprint density at radius 1 is 1.05 bits per heavy atom. The summed E-state index contributed by atoms with van der Waals surface area (Å²) in [6.45, 7) is 1.44. The molecule has 0 atom stereocenters. The van der Waals surface area contributed by atoms with Crippen LogP contribution in [-0.4, -0.2) is 10.9 Å². The number of amides is 1. The third-order valence-corrected chi connectivity index (χ3v) is 3.03. The van der Waals surface area contributed by atoms with E-state index < -0.39 is 0 Å². The third kappa shape index (κ3) is 1.97. The highest BCUT2D eigenvalue weighted by atomic mass is 16.1. The lowest BCUT2D eigenvalue weighted by molar-refractivity contribution is -0.114. The molecule has 94 valence electrons. The van der Waals surface area contributed by atoms with Gasteiger partial charge in [-0.15, -0.1) is 0 Å². The highest BCUT2D eigenvalue weighted by molar-refractivity contribution is 5.96. The van der Waals surface area contributed by atoms with Gasteiger partial charge in [-0.2, -0.15) is 0 Å². The van der Waals surface area contributed by atoms with Crippen molar-refractivity contribution in [2.45, 2.75) is 6.92 Å². The first-order chi connectivity index (χ1) is 9.15. The minimum Gasteiger partial charge on any atom is -0.354 e. The normalized spacial score (nSPS) is 10.8. The molecule has 0 unspecified atom stereocenters. The first-order valence-corrected chi connectivity index (χ1v) is 5.97. The molecular formula is C15H12N2O2. The number of carbonyl (C=O) groups is 1. The standard InChI is InChI=1S/C15H12N2O2/c1-9(18)16-10-6-7-14-12(8-10)15(19)11-4-2-3-5-13(11)17-14/h2-8H,1H3,(H,16,18)(H,17,19). The van der Waals surface area contributed by atoms with E-state index in [4.69, 9.17) is 0 Å². The lowest BCUT2D eigenvalue weighted by Crippen LogP contribution is -2.08. The van der Waals surface area contributed by atoms with Crippen LogP contribution in [0.1, 0.15) is 6.92 Å². The quantitative estimate of drug-likeness (QED) is 0.654. The number of para-hydroxylation sites is 1. The first kappa shape index (κ1) is 11.5. The zero-order chi connectivity index (χ0) is 13.4. The van der Waals surface area contributed by atoms with Gasteiger partial charge in [0.2, 0.25) is 5.91 Å². The highest BCUT2D eigenvalue weighted by Crippen LogP contribution is 2.18. The number of aromatic amines is 1. The van der Waals surface area contributed by atoms with Gasteiger partial charge in [0.15, 0.2) is 5.43 Å². The van der Waals surface area contributed by atoms with E-state index in [1.165, 1.54) is 6.92 Å². The molecule has 0 aliphatic carbocycles. The number of benzene rings is 2. The second-order valence-corrected chi connectivity index (χ2v) is 4.44. The van der Waals surface area contributed by atoms with E-state index in [0.29, 0.717) is 16.5 Å². The fourth-order valence-corrected chi connectivity index (χ4v) is 2.20. The summed E-state index contributed by atoms with van der Waals surface area (Å²) in [7, 11) is 0. The Kier molecular flexibility index (Phi) is 2.56. The van der Waals surface area contributed by atoms with Crippen LogP contribution in [0.2, 0.25) is 0 Å². The lowest BCUT2D eigenvalue weighted by atomic mass is 10.1. The van der Waals surface area contributed by atoms with E-state index in [-0.39, 0.29) is 11.3 Å². The van der Waals surface area contributed by atoms with Crippen LogP contribution >= 0.6 is 0 Å². The monoisotopic (exact) mass is 252 g/mol. The third-order valence-electron chi connectivity index (χ3n) is 3.03. The van der Waals surface area contributed by atoms with Crippen LogP contribution in [0.3, 0.4) is 0 Å². The molecule has 0 radical (unpaired) electrons. The molecule has 3 aromatic rings. The van der Waals surface area contributed by atoms with Gasteiger partial charge in [-0.1, -0.05) is 12.1 Å². The summed E-state index contributed by atoms with van der Waals surface area (Å²) in [5, 5.41) is 3.90. The fourth-order valence-electron chi connectivity index (χ4n) is 2.20. The largest absolute Gasteiger partial charge is 0.354 e. The van der Waals surface area contributed by atoms with Crippen molar-refractivity contribution in [3.05, 3.63) is 52.7 Å². The van der Waals surface area contributed by atoms with Crippen LogP contribution in [-0.2, 0) is 4.79 Å². The zero-order valence-corrected chi connectivity index (χ0v) is 10.4. The topological polar surface area (TPSA) is 62.0 Å². The van der Waals surface area contributed by atoms with Crippen molar-refractivity contribution < 1.29 is 4.79 Å². The van der Waals surface area contributed by atoms with E-state index >= 15 is 0 Å². The van der Waals surface area contributed by atoms with Crippen LogP contribution in [0, 0.1) is 0 Å². The Balaban J connectivity index is 2.33. The van der Waals surface area contributed by atoms with Crippen molar-refractivity contribution in [1.82, 2.24) is 4.98 Å². The van der Waals surface area contributed by atoms with Gasteiger partial charge in [-0.25, -0.2) is 0 Å². The number of nitrogens with one attached hydrogen (secondary N) is 2. The molecule has 4 nitrogen and oxygen atoms in total. The molecule has 0 spiro atoms. The van der Waals surface area contributed by atoms with Crippen molar-refractivity contribution >= 4 is 33.4 Å². The molecule has 1 amide bonds. The van der Waals surface area contributed by atoms with Gasteiger partial charge >= 0.3 is 0 Å². The Labute approximate surface area is 109 Å². The molecule has 2 aromatic carbocycles. The summed E-state index contributed by atoms with van der Waals surface area (Å²) in [4.78, 5) is 26.7. The minimum atomic E-state index is -0.156. The zero-order valence-electron chi connectivity index (χ0n) is 10.4. The number of aromatic nitrogens is 1. The number of H-pyrrole nitrogens is 1. The molecule has 2 N–H and O–H groups in total. The first-order valence-electron chi connectivity index (χ1n) is 5.97. The van der Waals surface area contributed by atoms with E-state index in [0.717, 1.165) is 11.0 Å². The number of rotatable bonds is 1. The van der Waals surface area contributed by atoms with E-state index in [1.54, 1.807) is 24.3 Å². The summed E-state index contributed by atoms with van der Waals surface area (Å²) in [6, 6.07) is 12.7. The van der Waals surface area contributed by atoms with Crippen molar-refractivity contribution in [1.29, 1.82) is 0 Å². The van der Waals surface area contributed by atoms with Crippen molar-refractivity contribution in [3.8, 4) is 0 Å². The maximum absolute atomic E-state index is 12.4. The molecule has 0 saturated carbocycles. The molecule has 0 aliphatic heterocycles. The summed E-state index contributed by atoms with van der Waals surface area (Å²) < 4.78 is 0. The van der Waals surface area contributed by atoms with Gasteiger partial charge in [-0.05, 0) is 30.3 Å². The Hall–Kier alpha value is -2.62. The van der Waals surface area contributed by atoms with E-state index in [1.807, 2.05) is 18.2 Å². The lowest BCUT2D eigenvalue weighted by Gasteiger charge is -2.05. The van der Waals surface area contributed by atoms with Crippen LogP contribution in [0.25, 0.3) is 21.8 Å². The van der Waals surface area contributed by atoms with Gasteiger partial charge in [0.05, 0.1) is 0 Å². The SMILES string of the molecule is CC(=O)Nc1ccc2[nH]c3ccccc3c(=O)c2c1. The molecule has 0 bridgehead atoms. The highest BCUT2D eigenvalue weighted by Gasteiger charge is 2.06. The van der Waals surface area contributed by atoms with Crippen LogP contribution in [0.4, 0.5) is 5.69 Å². The molecule has 1 heterocycles. The minimum absolute atomic E-state index is 0.0310. The smallest absolute Gasteiger partial charge is 0.221 e. The molecule has 0 saturated heterocycles. The fraction of sp³-hybridized carbons (Fsp3) is 0.0667. The maximum atomic E-state index is 12.4. The van der Waals surface area contributed by atoms with Gasteiger partial charge in [0.1, 0.15) is 0 Å². The number of hydrogen-bond donors (Lipinski definition) is 2. The molecule has 0 aliphatic rings. The average Bonchev–Trinajstić information content (AvgIpc) is 2.39. The van der Waals surface area contributed by atoms with Gasteiger partial charge in [0.25, 0.3) is 0 Å². The Morgan fingerprint density at radius 2 is 1.79 bits per heavy atom. The number of carbonyl (C=O) groups excluding carboxylic acids is 1. The summed E-state index contributed by atoms with van der Waals surface area (Å²) in [5.41, 5.74) is 2.17. The number of fused-ring (bicyclic) bond motifs is 2. The molecule has 1 aromatic heterocycles. The van der Waals surface area contributed by atoms with Crippen LogP contribution in [0.15, 0.2) is 47.3 Å². The summed E-state index contributed by atoms with van der Waals surface area (Å²) in [6.07, 6.45) is 0. The molecule has 19 heavy (non-hydrogen) atoms. The van der Waals surface area contributed by atoms with E-state index in [9.17, 15) is 9.59 Å². The van der Waals surface area contributed by atoms with Crippen LogP contribution in [0.5, 0.6) is 0 Å². The van der Waals surface area contributed by atoms with E-state index in [2.05, 4.69) is 10.3 Å². The average molecular weight is 252 g/mol. The molecule has 0 fully saturated rings. The van der Waals surface area contributed by atoms with Crippen molar-refractivity contribution in [2.24, 2.45) is 0 Å².